The average molecular weight is 512 g/mol. The van der Waals surface area contributed by atoms with E-state index in [-0.39, 0.29) is 6.61 Å². The molecule has 202 valence electrons. The van der Waals surface area contributed by atoms with E-state index in [0.29, 0.717) is 25.7 Å². The Hall–Kier alpha value is -1.79. The van der Waals surface area contributed by atoms with E-state index in [1.54, 1.807) is 6.92 Å². The van der Waals surface area contributed by atoms with Gasteiger partial charge in [0.15, 0.2) is 29.9 Å². The van der Waals surface area contributed by atoms with Crippen molar-refractivity contribution in [1.82, 2.24) is 5.32 Å². The molecule has 5 fully saturated rings. The second-order valence-corrected chi connectivity index (χ2v) is 10.6. The third kappa shape index (κ3) is 4.76. The highest BCUT2D eigenvalue weighted by Crippen LogP contribution is 2.47. The first-order valence-corrected chi connectivity index (χ1v) is 13.3. The van der Waals surface area contributed by atoms with E-state index in [1.165, 1.54) is 6.92 Å². The third-order valence-electron chi connectivity index (χ3n) is 7.97. The van der Waals surface area contributed by atoms with Crippen LogP contribution in [0.5, 0.6) is 0 Å². The van der Waals surface area contributed by atoms with E-state index in [1.807, 2.05) is 0 Å². The molecule has 5 aliphatic rings. The Kier molecular flexibility index (Phi) is 7.30. The minimum Gasteiger partial charge on any atom is -0.464 e. The van der Waals surface area contributed by atoms with E-state index in [2.05, 4.69) is 5.32 Å². The Labute approximate surface area is 210 Å². The molecule has 2 aliphatic heterocycles. The SMILES string of the molecule is CCOC(=O)[C@@H]1OC2(CCCCC2)O[C@H]1C(=O)O[C@@H]1[C@H](NC(C)=O)[C@H](O)[C@@H]2OC3(CCCCC3)O[C@H]12. The van der Waals surface area contributed by atoms with Crippen LogP contribution in [0, 0.1) is 0 Å². The van der Waals surface area contributed by atoms with Gasteiger partial charge in [0, 0.05) is 32.6 Å². The molecular weight excluding hydrogens is 474 g/mol. The summed E-state index contributed by atoms with van der Waals surface area (Å²) in [7, 11) is 0. The van der Waals surface area contributed by atoms with Gasteiger partial charge in [-0.05, 0) is 32.6 Å². The maximum Gasteiger partial charge on any atom is 0.339 e. The molecule has 0 radical (unpaired) electrons. The summed E-state index contributed by atoms with van der Waals surface area (Å²) in [5, 5.41) is 13.7. The highest BCUT2D eigenvalue weighted by molar-refractivity contribution is 5.86. The Morgan fingerprint density at radius 3 is 1.92 bits per heavy atom. The molecule has 1 amide bonds. The standard InChI is InChI=1S/C25H37NO10/c1-3-31-22(29)20-21(36-25(35-20)12-8-5-9-13-25)23(30)32-17-15(26-14(2)27)16(28)18-19(17)34-24(33-18)10-6-4-7-11-24/h15-21,28H,3-13H2,1-2H3,(H,26,27)/t15-,16+,17-,18+,19-,20-,21-/m1/s1. The predicted octanol–water partition coefficient (Wildman–Crippen LogP) is 1.23. The van der Waals surface area contributed by atoms with Gasteiger partial charge >= 0.3 is 11.9 Å². The van der Waals surface area contributed by atoms with Crippen molar-refractivity contribution in [3.63, 3.8) is 0 Å². The first kappa shape index (κ1) is 25.8. The van der Waals surface area contributed by atoms with Crippen molar-refractivity contribution in [2.24, 2.45) is 0 Å². The van der Waals surface area contributed by atoms with Crippen LogP contribution in [-0.2, 0) is 42.8 Å². The number of esters is 2. The molecule has 2 spiro atoms. The number of aliphatic hydroxyl groups is 1. The van der Waals surface area contributed by atoms with Crippen molar-refractivity contribution >= 4 is 17.8 Å². The molecule has 11 heteroatoms. The number of fused-ring (bicyclic) bond motifs is 1. The van der Waals surface area contributed by atoms with E-state index in [0.717, 1.165) is 38.5 Å². The van der Waals surface area contributed by atoms with Crippen LogP contribution < -0.4 is 5.32 Å². The van der Waals surface area contributed by atoms with E-state index in [4.69, 9.17) is 28.4 Å². The zero-order valence-electron chi connectivity index (χ0n) is 20.9. The monoisotopic (exact) mass is 511 g/mol. The lowest BCUT2D eigenvalue weighted by Crippen LogP contribution is -2.52. The van der Waals surface area contributed by atoms with Gasteiger partial charge in [-0.3, -0.25) is 4.79 Å². The van der Waals surface area contributed by atoms with Crippen molar-refractivity contribution in [2.45, 2.75) is 132 Å². The number of hydrogen-bond acceptors (Lipinski definition) is 10. The Morgan fingerprint density at radius 2 is 1.36 bits per heavy atom. The number of aliphatic hydroxyl groups excluding tert-OH is 1. The zero-order valence-corrected chi connectivity index (χ0v) is 20.9. The second kappa shape index (κ2) is 10.2. The molecule has 0 bridgehead atoms. The fraction of sp³-hybridized carbons (Fsp3) is 0.880. The fourth-order valence-electron chi connectivity index (χ4n) is 6.36. The van der Waals surface area contributed by atoms with Crippen LogP contribution in [0.2, 0.25) is 0 Å². The lowest BCUT2D eigenvalue weighted by molar-refractivity contribution is -0.222. The lowest BCUT2D eigenvalue weighted by Gasteiger charge is -2.35. The summed E-state index contributed by atoms with van der Waals surface area (Å²) in [6, 6.07) is -0.936. The quantitative estimate of drug-likeness (QED) is 0.518. The normalized spacial score (nSPS) is 38.6. The molecule has 0 aromatic carbocycles. The van der Waals surface area contributed by atoms with Gasteiger partial charge in [-0.2, -0.15) is 0 Å². The molecule has 3 saturated carbocycles. The molecule has 7 atom stereocenters. The van der Waals surface area contributed by atoms with E-state index < -0.39 is 72.1 Å². The summed E-state index contributed by atoms with van der Waals surface area (Å²) >= 11 is 0. The summed E-state index contributed by atoms with van der Waals surface area (Å²) in [5.41, 5.74) is 0. The molecule has 2 heterocycles. The van der Waals surface area contributed by atoms with Gasteiger partial charge in [0.2, 0.25) is 5.91 Å². The van der Waals surface area contributed by atoms with Crippen molar-refractivity contribution in [1.29, 1.82) is 0 Å². The second-order valence-electron chi connectivity index (χ2n) is 10.6. The molecule has 11 nitrogen and oxygen atoms in total. The van der Waals surface area contributed by atoms with Crippen molar-refractivity contribution < 1.29 is 47.9 Å². The highest BCUT2D eigenvalue weighted by Gasteiger charge is 2.64. The lowest BCUT2D eigenvalue weighted by atomic mass is 9.94. The first-order valence-electron chi connectivity index (χ1n) is 13.3. The molecule has 2 N–H and O–H groups in total. The van der Waals surface area contributed by atoms with Gasteiger partial charge in [-0.15, -0.1) is 0 Å². The van der Waals surface area contributed by atoms with Crippen LogP contribution in [0.15, 0.2) is 0 Å². The van der Waals surface area contributed by atoms with Crippen molar-refractivity contribution in [3.05, 3.63) is 0 Å². The van der Waals surface area contributed by atoms with Crippen LogP contribution in [0.25, 0.3) is 0 Å². The van der Waals surface area contributed by atoms with Crippen LogP contribution in [-0.4, -0.2) is 83.8 Å². The molecule has 0 unspecified atom stereocenters. The summed E-state index contributed by atoms with van der Waals surface area (Å²) in [5.74, 6) is -3.76. The summed E-state index contributed by atoms with van der Waals surface area (Å²) < 4.78 is 35.7. The number of amides is 1. The zero-order chi connectivity index (χ0) is 25.5. The fourth-order valence-corrected chi connectivity index (χ4v) is 6.36. The molecule has 2 saturated heterocycles. The molecule has 36 heavy (non-hydrogen) atoms. The topological polar surface area (TPSA) is 139 Å². The molecule has 0 aromatic heterocycles. The van der Waals surface area contributed by atoms with Gasteiger partial charge in [-0.25, -0.2) is 9.59 Å². The minimum atomic E-state index is -1.33. The number of ether oxygens (including phenoxy) is 6. The van der Waals surface area contributed by atoms with Gasteiger partial charge in [-0.1, -0.05) is 12.8 Å². The van der Waals surface area contributed by atoms with Crippen LogP contribution in [0.4, 0.5) is 0 Å². The first-order chi connectivity index (χ1) is 17.3. The third-order valence-corrected chi connectivity index (χ3v) is 7.97. The van der Waals surface area contributed by atoms with Crippen LogP contribution in [0.3, 0.4) is 0 Å². The average Bonchev–Trinajstić information content (AvgIpc) is 3.47. The number of carbonyl (C=O) groups is 3. The Morgan fingerprint density at radius 1 is 0.833 bits per heavy atom. The predicted molar refractivity (Wildman–Crippen MR) is 121 cm³/mol. The maximum absolute atomic E-state index is 13.5. The highest BCUT2D eigenvalue weighted by atomic mass is 16.8. The van der Waals surface area contributed by atoms with E-state index in [9.17, 15) is 19.5 Å². The number of carbonyl (C=O) groups excluding carboxylic acids is 3. The minimum absolute atomic E-state index is 0.129. The van der Waals surface area contributed by atoms with Gasteiger partial charge in [0.1, 0.15) is 18.3 Å². The molecule has 0 aromatic rings. The Balaban J connectivity index is 1.37. The van der Waals surface area contributed by atoms with E-state index >= 15 is 0 Å². The smallest absolute Gasteiger partial charge is 0.339 e. The Bertz CT molecular complexity index is 852. The largest absolute Gasteiger partial charge is 0.464 e. The van der Waals surface area contributed by atoms with Gasteiger partial charge in [0.25, 0.3) is 0 Å². The van der Waals surface area contributed by atoms with Crippen LogP contribution >= 0.6 is 0 Å². The van der Waals surface area contributed by atoms with Gasteiger partial charge < -0.3 is 38.8 Å². The molecule has 5 rings (SSSR count). The van der Waals surface area contributed by atoms with Crippen molar-refractivity contribution in [3.8, 4) is 0 Å². The van der Waals surface area contributed by atoms with Gasteiger partial charge in [0.05, 0.1) is 12.6 Å². The number of hydrogen-bond donors (Lipinski definition) is 2. The van der Waals surface area contributed by atoms with Crippen molar-refractivity contribution in [2.75, 3.05) is 6.61 Å². The number of rotatable bonds is 5. The van der Waals surface area contributed by atoms with Crippen LogP contribution in [0.1, 0.15) is 78.1 Å². The number of nitrogens with one attached hydrogen (secondary N) is 1. The molecule has 3 aliphatic carbocycles. The maximum atomic E-state index is 13.5. The summed E-state index contributed by atoms with van der Waals surface area (Å²) in [6.45, 7) is 3.12. The summed E-state index contributed by atoms with van der Waals surface area (Å²) in [6.07, 6.45) is 1.89. The molecular formula is C25H37NO10. The summed E-state index contributed by atoms with van der Waals surface area (Å²) in [4.78, 5) is 38.1.